The largest absolute Gasteiger partial charge is 1.00 e. The maximum absolute atomic E-state index is 6.29. The molecule has 2 aliphatic rings. The van der Waals surface area contributed by atoms with Crippen molar-refractivity contribution >= 4 is 28.9 Å². The van der Waals surface area contributed by atoms with Gasteiger partial charge in [0.1, 0.15) is 0 Å². The van der Waals surface area contributed by atoms with Crippen LogP contribution in [0.2, 0.25) is 0 Å². The summed E-state index contributed by atoms with van der Waals surface area (Å²) in [7, 11) is 4.60. The molecule has 1 aliphatic carbocycles. The standard InChI is InChI=1S/C20H25ClNS.HI/c1-4-22(2,3)13-7-9-16-17-8-5-6-10-19(17)23-20-12-11-15(21)14-18(16)20;/h5-6,8-12,14,18,20H,4,7,13H2,1-3H3;1H/q+1;/p-1. The Morgan fingerprint density at radius 2 is 2.00 bits per heavy atom. The van der Waals surface area contributed by atoms with E-state index in [-0.39, 0.29) is 24.0 Å². The van der Waals surface area contributed by atoms with Gasteiger partial charge in [0.15, 0.2) is 0 Å². The average molecular weight is 474 g/mol. The van der Waals surface area contributed by atoms with Gasteiger partial charge in [-0.3, -0.25) is 0 Å². The highest BCUT2D eigenvalue weighted by Crippen LogP contribution is 2.48. The van der Waals surface area contributed by atoms with E-state index < -0.39 is 0 Å². The summed E-state index contributed by atoms with van der Waals surface area (Å²) in [4.78, 5) is 1.39. The Labute approximate surface area is 172 Å². The predicted octanol–water partition coefficient (Wildman–Crippen LogP) is 2.34. The molecule has 2 atom stereocenters. The molecule has 4 heteroatoms. The van der Waals surface area contributed by atoms with Crippen molar-refractivity contribution in [2.45, 2.75) is 23.5 Å². The summed E-state index contributed by atoms with van der Waals surface area (Å²) in [5.74, 6) is 0.393. The van der Waals surface area contributed by atoms with Crippen molar-refractivity contribution in [1.29, 1.82) is 0 Å². The molecule has 1 nitrogen and oxygen atoms in total. The molecule has 1 aromatic carbocycles. The number of halogens is 2. The van der Waals surface area contributed by atoms with Crippen LogP contribution in [-0.2, 0) is 0 Å². The van der Waals surface area contributed by atoms with Crippen molar-refractivity contribution in [2.75, 3.05) is 27.2 Å². The second-order valence-electron chi connectivity index (χ2n) is 6.94. The van der Waals surface area contributed by atoms with Gasteiger partial charge < -0.3 is 28.5 Å². The Morgan fingerprint density at radius 3 is 2.75 bits per heavy atom. The first-order chi connectivity index (χ1) is 11.0. The SMILES string of the molecule is CC[N+](C)(C)CCC=C1c2ccccc2SC2C=CC(Cl)=CC12.[I-]. The van der Waals surface area contributed by atoms with E-state index in [2.05, 4.69) is 63.5 Å². The third-order valence-corrected chi connectivity index (χ3v) is 6.50. The maximum Gasteiger partial charge on any atom is 0.0817 e. The molecule has 1 aliphatic heterocycles. The normalized spacial score (nSPS) is 24.0. The number of hydrogen-bond donors (Lipinski definition) is 0. The van der Waals surface area contributed by atoms with Crippen LogP contribution in [0.5, 0.6) is 0 Å². The van der Waals surface area contributed by atoms with Crippen LogP contribution in [0.25, 0.3) is 5.57 Å². The molecular formula is C20H25ClINS. The molecule has 0 aromatic heterocycles. The summed E-state index contributed by atoms with van der Waals surface area (Å²) in [5.41, 5.74) is 2.83. The monoisotopic (exact) mass is 473 g/mol. The van der Waals surface area contributed by atoms with Crippen molar-refractivity contribution in [3.63, 3.8) is 0 Å². The highest BCUT2D eigenvalue weighted by atomic mass is 127. The van der Waals surface area contributed by atoms with Crippen LogP contribution in [0.15, 0.2) is 58.5 Å². The minimum Gasteiger partial charge on any atom is -1.00 e. The summed E-state index contributed by atoms with van der Waals surface area (Å²) in [6.45, 7) is 4.58. The van der Waals surface area contributed by atoms with Crippen molar-refractivity contribution < 1.29 is 28.5 Å². The van der Waals surface area contributed by atoms with Gasteiger partial charge in [-0.2, -0.15) is 0 Å². The predicted molar refractivity (Wildman–Crippen MR) is 103 cm³/mol. The Kier molecular flexibility index (Phi) is 7.06. The Hall–Kier alpha value is -0.230. The van der Waals surface area contributed by atoms with E-state index in [1.807, 2.05) is 17.8 Å². The van der Waals surface area contributed by atoms with Crippen LogP contribution in [0, 0.1) is 5.92 Å². The van der Waals surface area contributed by atoms with Crippen molar-refractivity contribution in [3.05, 3.63) is 59.2 Å². The summed E-state index contributed by atoms with van der Waals surface area (Å²) in [5, 5.41) is 1.33. The zero-order valence-corrected chi connectivity index (χ0v) is 18.2. The number of benzene rings is 1. The molecule has 1 aromatic rings. The summed E-state index contributed by atoms with van der Waals surface area (Å²) in [6.07, 6.45) is 10.1. The molecule has 0 bridgehead atoms. The van der Waals surface area contributed by atoms with E-state index >= 15 is 0 Å². The molecule has 1 heterocycles. The molecule has 24 heavy (non-hydrogen) atoms. The van der Waals surface area contributed by atoms with Gasteiger partial charge in [0.2, 0.25) is 0 Å². The lowest BCUT2D eigenvalue weighted by Crippen LogP contribution is -3.00. The van der Waals surface area contributed by atoms with Crippen LogP contribution >= 0.6 is 23.4 Å². The minimum absolute atomic E-state index is 0. The fraction of sp³-hybridized carbons (Fsp3) is 0.400. The topological polar surface area (TPSA) is 0 Å². The summed E-state index contributed by atoms with van der Waals surface area (Å²) in [6, 6.07) is 8.77. The first-order valence-corrected chi connectivity index (χ1v) is 9.59. The lowest BCUT2D eigenvalue weighted by molar-refractivity contribution is -0.888. The van der Waals surface area contributed by atoms with Crippen molar-refractivity contribution in [3.8, 4) is 0 Å². The molecule has 0 saturated heterocycles. The number of rotatable bonds is 4. The summed E-state index contributed by atoms with van der Waals surface area (Å²) < 4.78 is 1.06. The van der Waals surface area contributed by atoms with Gasteiger partial charge in [0, 0.05) is 27.5 Å². The van der Waals surface area contributed by atoms with E-state index in [4.69, 9.17) is 11.6 Å². The Bertz CT molecular complexity index is 678. The molecule has 0 spiro atoms. The van der Waals surface area contributed by atoms with Gasteiger partial charge >= 0.3 is 0 Å². The van der Waals surface area contributed by atoms with E-state index in [9.17, 15) is 0 Å². The Balaban J connectivity index is 0.00000208. The van der Waals surface area contributed by atoms with E-state index in [1.165, 1.54) is 22.6 Å². The lowest BCUT2D eigenvalue weighted by Gasteiger charge is -2.34. The van der Waals surface area contributed by atoms with Gasteiger partial charge in [-0.25, -0.2) is 0 Å². The molecule has 3 rings (SSSR count). The number of allylic oxidation sites excluding steroid dienone is 4. The second-order valence-corrected chi connectivity index (χ2v) is 8.60. The summed E-state index contributed by atoms with van der Waals surface area (Å²) >= 11 is 8.25. The molecule has 0 fully saturated rings. The lowest BCUT2D eigenvalue weighted by atomic mass is 9.85. The van der Waals surface area contributed by atoms with E-state index in [0.29, 0.717) is 11.2 Å². The molecule has 2 unspecified atom stereocenters. The number of fused-ring (bicyclic) bond motifs is 2. The zero-order valence-electron chi connectivity index (χ0n) is 14.5. The van der Waals surface area contributed by atoms with Crippen LogP contribution in [0.1, 0.15) is 18.9 Å². The Morgan fingerprint density at radius 1 is 1.25 bits per heavy atom. The molecule has 0 saturated carbocycles. The molecule has 130 valence electrons. The quantitative estimate of drug-likeness (QED) is 0.478. The van der Waals surface area contributed by atoms with Crippen LogP contribution in [-0.4, -0.2) is 36.9 Å². The zero-order chi connectivity index (χ0) is 16.4. The van der Waals surface area contributed by atoms with Gasteiger partial charge in [-0.05, 0) is 30.2 Å². The first-order valence-electron chi connectivity index (χ1n) is 8.34. The molecule has 0 N–H and O–H groups in total. The first kappa shape index (κ1) is 20.1. The van der Waals surface area contributed by atoms with Gasteiger partial charge in [0.05, 0.1) is 27.2 Å². The van der Waals surface area contributed by atoms with Crippen LogP contribution in [0.4, 0.5) is 0 Å². The number of thioether (sulfide) groups is 1. The van der Waals surface area contributed by atoms with Crippen LogP contribution < -0.4 is 24.0 Å². The van der Waals surface area contributed by atoms with Crippen molar-refractivity contribution in [1.82, 2.24) is 0 Å². The fourth-order valence-electron chi connectivity index (χ4n) is 3.12. The number of quaternary nitrogens is 1. The van der Waals surface area contributed by atoms with Gasteiger partial charge in [-0.15, -0.1) is 11.8 Å². The van der Waals surface area contributed by atoms with Crippen LogP contribution in [0.3, 0.4) is 0 Å². The fourth-order valence-corrected chi connectivity index (χ4v) is 4.62. The van der Waals surface area contributed by atoms with Gasteiger partial charge in [-0.1, -0.05) is 48.0 Å². The smallest absolute Gasteiger partial charge is 0.0817 e. The highest BCUT2D eigenvalue weighted by molar-refractivity contribution is 8.00. The third-order valence-electron chi connectivity index (χ3n) is 4.91. The minimum atomic E-state index is 0. The molecular weight excluding hydrogens is 449 g/mol. The second kappa shape index (κ2) is 8.43. The highest BCUT2D eigenvalue weighted by Gasteiger charge is 2.31. The van der Waals surface area contributed by atoms with E-state index in [0.717, 1.165) is 22.5 Å². The average Bonchev–Trinajstić information content (AvgIpc) is 2.54. The maximum atomic E-state index is 6.29. The number of hydrogen-bond acceptors (Lipinski definition) is 1. The van der Waals surface area contributed by atoms with Crippen molar-refractivity contribution in [2.24, 2.45) is 5.92 Å². The number of nitrogens with zero attached hydrogens (tertiary/aromatic N) is 1. The molecule has 0 amide bonds. The molecule has 0 radical (unpaired) electrons. The third kappa shape index (κ3) is 4.48. The van der Waals surface area contributed by atoms with Gasteiger partial charge in [0.25, 0.3) is 0 Å². The van der Waals surface area contributed by atoms with E-state index in [1.54, 1.807) is 0 Å².